The van der Waals surface area contributed by atoms with E-state index in [1.807, 2.05) is 0 Å². The second-order valence-corrected chi connectivity index (χ2v) is 10.8. The zero-order valence-corrected chi connectivity index (χ0v) is 10.7. The van der Waals surface area contributed by atoms with Crippen molar-refractivity contribution < 1.29 is 0 Å². The van der Waals surface area contributed by atoms with Gasteiger partial charge in [-0.3, -0.25) is 0 Å². The van der Waals surface area contributed by atoms with Gasteiger partial charge in [-0.05, 0) is 25.1 Å². The van der Waals surface area contributed by atoms with Gasteiger partial charge < -0.3 is 10.2 Å². The molecule has 76 valence electrons. The van der Waals surface area contributed by atoms with Gasteiger partial charge in [0.1, 0.15) is 0 Å². The van der Waals surface area contributed by atoms with Crippen molar-refractivity contribution >= 4 is 25.4 Å². The largest absolute Gasteiger partial charge is 0.366 e. The van der Waals surface area contributed by atoms with Crippen LogP contribution in [0.4, 0.5) is 0 Å². The Morgan fingerprint density at radius 1 is 1.31 bits per heavy atom. The number of hydrogen-bond donors (Lipinski definition) is 1. The maximum absolute atomic E-state index is 5.32. The lowest BCUT2D eigenvalue weighted by molar-refractivity contribution is 0.511. The number of hydrogen-bond acceptors (Lipinski definition) is 1. The zero-order valence-electron chi connectivity index (χ0n) is 8.89. The second kappa shape index (κ2) is 4.42. The summed E-state index contributed by atoms with van der Waals surface area (Å²) in [5, 5.41) is 4.36. The third-order valence-electron chi connectivity index (χ3n) is 2.16. The number of thiocarbonyl (C=S) groups is 1. The minimum Gasteiger partial charge on any atom is -0.366 e. The molecule has 0 radical (unpaired) electrons. The summed E-state index contributed by atoms with van der Waals surface area (Å²) in [4.78, 5) is 2.29. The molecular weight excluding hydrogens is 196 g/mol. The van der Waals surface area contributed by atoms with Crippen LogP contribution < -0.4 is 5.32 Å². The predicted octanol–water partition coefficient (Wildman–Crippen LogP) is 1.83. The molecule has 1 saturated heterocycles. The molecule has 13 heavy (non-hydrogen) atoms. The maximum Gasteiger partial charge on any atom is 0.168 e. The van der Waals surface area contributed by atoms with Crippen LogP contribution in [0.2, 0.25) is 19.6 Å². The first-order valence-corrected chi connectivity index (χ1v) is 9.13. The van der Waals surface area contributed by atoms with E-state index in [1.54, 1.807) is 0 Å². The van der Waals surface area contributed by atoms with Crippen molar-refractivity contribution in [1.29, 1.82) is 0 Å². The summed E-state index contributed by atoms with van der Waals surface area (Å²) < 4.78 is 0. The van der Waals surface area contributed by atoms with Crippen molar-refractivity contribution in [2.24, 2.45) is 0 Å². The van der Waals surface area contributed by atoms with Gasteiger partial charge in [-0.1, -0.05) is 19.6 Å². The summed E-state index contributed by atoms with van der Waals surface area (Å²) in [6, 6.07) is 0. The fourth-order valence-corrected chi connectivity index (χ4v) is 2.45. The average molecular weight is 216 g/mol. The van der Waals surface area contributed by atoms with Crippen molar-refractivity contribution in [3.63, 3.8) is 0 Å². The minimum absolute atomic E-state index is 0.972. The van der Waals surface area contributed by atoms with Crippen LogP contribution in [0.15, 0.2) is 0 Å². The van der Waals surface area contributed by atoms with E-state index in [1.165, 1.54) is 12.8 Å². The Bertz CT molecular complexity index is 183. The fraction of sp³-hybridized carbons (Fsp3) is 0.889. The monoisotopic (exact) mass is 216 g/mol. The van der Waals surface area contributed by atoms with E-state index >= 15 is 0 Å². The molecule has 0 aliphatic carbocycles. The molecule has 1 heterocycles. The normalized spacial score (nSPS) is 17.6. The van der Waals surface area contributed by atoms with Gasteiger partial charge in [0, 0.05) is 19.3 Å². The highest BCUT2D eigenvalue weighted by Gasteiger charge is 2.17. The van der Waals surface area contributed by atoms with E-state index in [-0.39, 0.29) is 0 Å². The Morgan fingerprint density at radius 2 is 1.85 bits per heavy atom. The van der Waals surface area contributed by atoms with Gasteiger partial charge in [0.25, 0.3) is 0 Å². The van der Waals surface area contributed by atoms with Crippen LogP contribution in [0.25, 0.3) is 0 Å². The van der Waals surface area contributed by atoms with Gasteiger partial charge in [-0.25, -0.2) is 0 Å². The lowest BCUT2D eigenvalue weighted by Crippen LogP contribution is -2.45. The predicted molar refractivity (Wildman–Crippen MR) is 64.8 cm³/mol. The minimum atomic E-state index is -0.996. The van der Waals surface area contributed by atoms with Gasteiger partial charge >= 0.3 is 0 Å². The molecule has 2 nitrogen and oxygen atoms in total. The quantitative estimate of drug-likeness (QED) is 0.560. The first-order chi connectivity index (χ1) is 5.99. The molecule has 1 aliphatic rings. The van der Waals surface area contributed by atoms with Gasteiger partial charge in [0.05, 0.1) is 8.07 Å². The molecule has 1 aliphatic heterocycles. The summed E-state index contributed by atoms with van der Waals surface area (Å²) in [5.74, 6) is 0. The van der Waals surface area contributed by atoms with Crippen LogP contribution >= 0.6 is 12.2 Å². The molecule has 4 heteroatoms. The lowest BCUT2D eigenvalue weighted by atomic mass is 10.4. The molecule has 1 N–H and O–H groups in total. The smallest absolute Gasteiger partial charge is 0.168 e. The van der Waals surface area contributed by atoms with E-state index < -0.39 is 8.07 Å². The average Bonchev–Trinajstić information content (AvgIpc) is 2.50. The molecule has 0 spiro atoms. The number of likely N-dealkylation sites (tertiary alicyclic amines) is 1. The highest BCUT2D eigenvalue weighted by molar-refractivity contribution is 7.80. The van der Waals surface area contributed by atoms with Crippen molar-refractivity contribution in [3.05, 3.63) is 0 Å². The van der Waals surface area contributed by atoms with E-state index in [0.29, 0.717) is 0 Å². The fourth-order valence-electron chi connectivity index (χ4n) is 1.37. The Kier molecular flexibility index (Phi) is 3.73. The Hall–Kier alpha value is -0.0931. The Morgan fingerprint density at radius 3 is 2.31 bits per heavy atom. The van der Waals surface area contributed by atoms with E-state index in [0.717, 1.165) is 24.4 Å². The molecule has 0 amide bonds. The molecule has 0 aromatic carbocycles. The third-order valence-corrected chi connectivity index (χ3v) is 3.80. The number of nitrogens with zero attached hydrogens (tertiary/aromatic N) is 1. The molecule has 1 fully saturated rings. The first kappa shape index (κ1) is 11.0. The maximum atomic E-state index is 5.32. The van der Waals surface area contributed by atoms with E-state index in [4.69, 9.17) is 12.2 Å². The summed E-state index contributed by atoms with van der Waals surface area (Å²) in [6.07, 6.45) is 3.70. The summed E-state index contributed by atoms with van der Waals surface area (Å²) >= 11 is 5.32. The van der Waals surface area contributed by atoms with Crippen LogP contribution in [0.1, 0.15) is 12.8 Å². The lowest BCUT2D eigenvalue weighted by Gasteiger charge is -2.23. The molecule has 1 rings (SSSR count). The van der Waals surface area contributed by atoms with Crippen LogP contribution in [-0.4, -0.2) is 37.3 Å². The zero-order chi connectivity index (χ0) is 9.90. The topological polar surface area (TPSA) is 15.3 Å². The standard InChI is InChI=1S/C9H20N2SSi/c1-13(2,3)8-10-9(12)11-6-4-5-7-11/h4-8H2,1-3H3,(H,10,12). The van der Waals surface area contributed by atoms with Crippen molar-refractivity contribution in [2.75, 3.05) is 19.3 Å². The Balaban J connectivity index is 2.25. The molecule has 0 atom stereocenters. The first-order valence-electron chi connectivity index (χ1n) is 5.02. The van der Waals surface area contributed by atoms with Crippen LogP contribution in [-0.2, 0) is 0 Å². The van der Waals surface area contributed by atoms with Gasteiger partial charge in [0.2, 0.25) is 0 Å². The molecule has 0 aromatic heterocycles. The van der Waals surface area contributed by atoms with Crippen molar-refractivity contribution in [2.45, 2.75) is 32.5 Å². The van der Waals surface area contributed by atoms with E-state index in [2.05, 4.69) is 29.9 Å². The molecule has 0 aromatic rings. The molecule has 0 saturated carbocycles. The molecular formula is C9H20N2SSi. The molecule has 0 bridgehead atoms. The second-order valence-electron chi connectivity index (χ2n) is 4.91. The summed E-state index contributed by atoms with van der Waals surface area (Å²) in [7, 11) is -0.996. The van der Waals surface area contributed by atoms with Gasteiger partial charge in [0.15, 0.2) is 5.11 Å². The summed E-state index contributed by atoms with van der Waals surface area (Å²) in [6.45, 7) is 9.36. The number of nitrogens with one attached hydrogen (secondary N) is 1. The highest BCUT2D eigenvalue weighted by Crippen LogP contribution is 2.07. The van der Waals surface area contributed by atoms with Crippen LogP contribution in [0.5, 0.6) is 0 Å². The van der Waals surface area contributed by atoms with Crippen LogP contribution in [0.3, 0.4) is 0 Å². The van der Waals surface area contributed by atoms with Crippen molar-refractivity contribution in [1.82, 2.24) is 10.2 Å². The van der Waals surface area contributed by atoms with Gasteiger partial charge in [-0.15, -0.1) is 0 Å². The third kappa shape index (κ3) is 4.09. The van der Waals surface area contributed by atoms with Crippen molar-refractivity contribution in [3.8, 4) is 0 Å². The summed E-state index contributed by atoms with van der Waals surface area (Å²) in [5.41, 5.74) is 0. The number of rotatable bonds is 2. The van der Waals surface area contributed by atoms with Gasteiger partial charge in [-0.2, -0.15) is 0 Å². The SMILES string of the molecule is C[Si](C)(C)CNC(=S)N1CCCC1. The van der Waals surface area contributed by atoms with E-state index in [9.17, 15) is 0 Å². The highest BCUT2D eigenvalue weighted by atomic mass is 32.1. The Labute approximate surface area is 87.7 Å². The molecule has 0 unspecified atom stereocenters. The van der Waals surface area contributed by atoms with Crippen LogP contribution in [0, 0.1) is 0 Å².